The second-order valence-electron chi connectivity index (χ2n) is 6.78. The number of piperidine rings is 1. The van der Waals surface area contributed by atoms with Crippen molar-refractivity contribution < 1.29 is 0 Å². The van der Waals surface area contributed by atoms with E-state index in [1.54, 1.807) is 5.56 Å². The lowest BCUT2D eigenvalue weighted by Gasteiger charge is -2.34. The third-order valence-corrected chi connectivity index (χ3v) is 5.18. The zero-order chi connectivity index (χ0) is 14.2. The van der Waals surface area contributed by atoms with Crippen molar-refractivity contribution in [1.29, 1.82) is 0 Å². The molecule has 0 spiro atoms. The van der Waals surface area contributed by atoms with Gasteiger partial charge in [-0.2, -0.15) is 0 Å². The Morgan fingerprint density at radius 2 is 2.10 bits per heavy atom. The number of likely N-dealkylation sites (N-methyl/N-ethyl adjacent to an activating group) is 1. The lowest BCUT2D eigenvalue weighted by molar-refractivity contribution is 0.211. The van der Waals surface area contributed by atoms with Crippen LogP contribution in [0.4, 0.5) is 0 Å². The highest BCUT2D eigenvalue weighted by atomic mass is 15.1. The summed E-state index contributed by atoms with van der Waals surface area (Å²) in [4.78, 5) is 6.15. The van der Waals surface area contributed by atoms with E-state index in [4.69, 9.17) is 0 Å². The van der Waals surface area contributed by atoms with Crippen LogP contribution in [0.2, 0.25) is 0 Å². The first-order chi connectivity index (χ1) is 10.3. The average Bonchev–Trinajstić information content (AvgIpc) is 2.87. The van der Waals surface area contributed by atoms with E-state index < -0.39 is 0 Å². The minimum atomic E-state index is 0.512. The summed E-state index contributed by atoms with van der Waals surface area (Å²) in [6.45, 7) is 2.44. The molecule has 1 aliphatic heterocycles. The van der Waals surface area contributed by atoms with Crippen LogP contribution in [-0.4, -0.2) is 36.1 Å². The molecule has 3 nitrogen and oxygen atoms in total. The van der Waals surface area contributed by atoms with Crippen LogP contribution in [0.3, 0.4) is 0 Å². The lowest BCUT2D eigenvalue weighted by atomic mass is 9.90. The van der Waals surface area contributed by atoms with Gasteiger partial charge in [-0.05, 0) is 57.3 Å². The Labute approximate surface area is 126 Å². The van der Waals surface area contributed by atoms with E-state index in [2.05, 4.69) is 46.5 Å². The van der Waals surface area contributed by atoms with Gasteiger partial charge in [-0.1, -0.05) is 18.2 Å². The molecule has 21 heavy (non-hydrogen) atoms. The summed E-state index contributed by atoms with van der Waals surface area (Å²) in [7, 11) is 2.24. The Kier molecular flexibility index (Phi) is 3.48. The number of nitrogens with one attached hydrogen (secondary N) is 2. The molecule has 1 aromatic heterocycles. The van der Waals surface area contributed by atoms with Crippen molar-refractivity contribution in [3.05, 3.63) is 35.5 Å². The second-order valence-corrected chi connectivity index (χ2v) is 6.78. The quantitative estimate of drug-likeness (QED) is 0.886. The van der Waals surface area contributed by atoms with Crippen molar-refractivity contribution in [3.63, 3.8) is 0 Å². The zero-order valence-corrected chi connectivity index (χ0v) is 12.9. The maximum atomic E-state index is 3.93. The van der Waals surface area contributed by atoms with Gasteiger partial charge in [0.25, 0.3) is 0 Å². The Bertz CT molecular complexity index is 630. The van der Waals surface area contributed by atoms with Crippen molar-refractivity contribution in [2.24, 2.45) is 0 Å². The van der Waals surface area contributed by atoms with E-state index in [1.165, 1.54) is 61.8 Å². The normalized spacial score (nSPS) is 26.9. The summed E-state index contributed by atoms with van der Waals surface area (Å²) in [5.41, 5.74) is 4.31. The third-order valence-electron chi connectivity index (χ3n) is 5.18. The molecule has 4 rings (SSSR count). The first-order valence-electron chi connectivity index (χ1n) is 8.35. The summed E-state index contributed by atoms with van der Waals surface area (Å²) >= 11 is 0. The first kappa shape index (κ1) is 13.4. The van der Waals surface area contributed by atoms with Gasteiger partial charge >= 0.3 is 0 Å². The SMILES string of the molecule is CN1CCCC(NC2CCCc3c2[nH]c2ccccc32)C1. The van der Waals surface area contributed by atoms with E-state index >= 15 is 0 Å². The molecular weight excluding hydrogens is 258 g/mol. The predicted octanol–water partition coefficient (Wildman–Crippen LogP) is 3.23. The van der Waals surface area contributed by atoms with Gasteiger partial charge in [0.05, 0.1) is 0 Å². The van der Waals surface area contributed by atoms with E-state index in [0.29, 0.717) is 12.1 Å². The lowest BCUT2D eigenvalue weighted by Crippen LogP contribution is -2.45. The Morgan fingerprint density at radius 3 is 3.00 bits per heavy atom. The number of fused-ring (bicyclic) bond motifs is 3. The summed E-state index contributed by atoms with van der Waals surface area (Å²) in [5, 5.41) is 5.36. The molecule has 0 radical (unpaired) electrons. The van der Waals surface area contributed by atoms with Gasteiger partial charge in [0.1, 0.15) is 0 Å². The number of aromatic amines is 1. The smallest absolute Gasteiger partial charge is 0.0478 e. The number of likely N-dealkylation sites (tertiary alicyclic amines) is 1. The number of nitrogens with zero attached hydrogens (tertiary/aromatic N) is 1. The van der Waals surface area contributed by atoms with Gasteiger partial charge in [0.15, 0.2) is 0 Å². The van der Waals surface area contributed by atoms with Crippen molar-refractivity contribution in [1.82, 2.24) is 15.2 Å². The largest absolute Gasteiger partial charge is 0.357 e. The minimum Gasteiger partial charge on any atom is -0.357 e. The maximum Gasteiger partial charge on any atom is 0.0478 e. The molecule has 2 unspecified atom stereocenters. The summed E-state index contributed by atoms with van der Waals surface area (Å²) in [6.07, 6.45) is 6.42. The fourth-order valence-corrected chi connectivity index (χ4v) is 4.17. The number of rotatable bonds is 2. The first-order valence-corrected chi connectivity index (χ1v) is 8.35. The summed E-state index contributed by atoms with van der Waals surface area (Å²) < 4.78 is 0. The van der Waals surface area contributed by atoms with E-state index in [1.807, 2.05) is 0 Å². The molecule has 2 N–H and O–H groups in total. The molecular formula is C18H25N3. The summed E-state index contributed by atoms with van der Waals surface area (Å²) in [5.74, 6) is 0. The van der Waals surface area contributed by atoms with Crippen LogP contribution < -0.4 is 5.32 Å². The molecule has 0 saturated carbocycles. The Morgan fingerprint density at radius 1 is 1.19 bits per heavy atom. The molecule has 2 heterocycles. The fraction of sp³-hybridized carbons (Fsp3) is 0.556. The number of hydrogen-bond acceptors (Lipinski definition) is 2. The fourth-order valence-electron chi connectivity index (χ4n) is 4.17. The zero-order valence-electron chi connectivity index (χ0n) is 12.9. The molecule has 2 aliphatic rings. The molecule has 1 saturated heterocycles. The minimum absolute atomic E-state index is 0.512. The van der Waals surface area contributed by atoms with E-state index in [9.17, 15) is 0 Å². The molecule has 2 atom stereocenters. The number of benzene rings is 1. The van der Waals surface area contributed by atoms with Crippen LogP contribution in [0.5, 0.6) is 0 Å². The molecule has 1 aliphatic carbocycles. The Balaban J connectivity index is 1.61. The number of aromatic nitrogens is 1. The number of H-pyrrole nitrogens is 1. The highest BCUT2D eigenvalue weighted by molar-refractivity contribution is 5.85. The van der Waals surface area contributed by atoms with Crippen LogP contribution in [-0.2, 0) is 6.42 Å². The number of para-hydroxylation sites is 1. The standard InChI is InChI=1S/C18H25N3/c1-21-11-5-6-13(12-21)19-17-10-4-8-15-14-7-2-3-9-16(14)20-18(15)17/h2-3,7,9,13,17,19-20H,4-6,8,10-12H2,1H3. The van der Waals surface area contributed by atoms with Gasteiger partial charge in [0.2, 0.25) is 0 Å². The molecule has 1 aromatic carbocycles. The van der Waals surface area contributed by atoms with Crippen molar-refractivity contribution in [2.45, 2.75) is 44.2 Å². The molecule has 1 fully saturated rings. The molecule has 0 amide bonds. The number of aryl methyl sites for hydroxylation is 1. The van der Waals surface area contributed by atoms with Crippen molar-refractivity contribution in [3.8, 4) is 0 Å². The topological polar surface area (TPSA) is 31.1 Å². The van der Waals surface area contributed by atoms with Crippen LogP contribution in [0.15, 0.2) is 24.3 Å². The highest BCUT2D eigenvalue weighted by Crippen LogP contribution is 2.35. The van der Waals surface area contributed by atoms with Crippen LogP contribution in [0, 0.1) is 0 Å². The van der Waals surface area contributed by atoms with Gasteiger partial charge in [0, 0.05) is 35.2 Å². The third kappa shape index (κ3) is 2.49. The van der Waals surface area contributed by atoms with E-state index in [0.717, 1.165) is 0 Å². The molecule has 3 heteroatoms. The number of hydrogen-bond donors (Lipinski definition) is 2. The van der Waals surface area contributed by atoms with Gasteiger partial charge < -0.3 is 15.2 Å². The van der Waals surface area contributed by atoms with Gasteiger partial charge in [-0.3, -0.25) is 0 Å². The average molecular weight is 283 g/mol. The Hall–Kier alpha value is -1.32. The van der Waals surface area contributed by atoms with Gasteiger partial charge in [-0.25, -0.2) is 0 Å². The van der Waals surface area contributed by atoms with Crippen LogP contribution >= 0.6 is 0 Å². The van der Waals surface area contributed by atoms with Crippen LogP contribution in [0.1, 0.15) is 43.0 Å². The predicted molar refractivity (Wildman–Crippen MR) is 87.6 cm³/mol. The molecule has 2 aromatic rings. The van der Waals surface area contributed by atoms with Crippen molar-refractivity contribution >= 4 is 10.9 Å². The summed E-state index contributed by atoms with van der Waals surface area (Å²) in [6, 6.07) is 9.91. The molecule has 0 bridgehead atoms. The van der Waals surface area contributed by atoms with Crippen molar-refractivity contribution in [2.75, 3.05) is 20.1 Å². The van der Waals surface area contributed by atoms with Crippen LogP contribution in [0.25, 0.3) is 10.9 Å². The molecule has 112 valence electrons. The second kappa shape index (κ2) is 5.47. The maximum absolute atomic E-state index is 3.93. The van der Waals surface area contributed by atoms with E-state index in [-0.39, 0.29) is 0 Å². The highest BCUT2D eigenvalue weighted by Gasteiger charge is 2.27. The van der Waals surface area contributed by atoms with Gasteiger partial charge in [-0.15, -0.1) is 0 Å². The monoisotopic (exact) mass is 283 g/mol.